The Balaban J connectivity index is 0.000000201. The van der Waals surface area contributed by atoms with Crippen LogP contribution in [0, 0.1) is 13.8 Å². The third kappa shape index (κ3) is 13.4. The second kappa shape index (κ2) is 23.0. The Morgan fingerprint density at radius 2 is 0.926 bits per heavy atom. The van der Waals surface area contributed by atoms with Gasteiger partial charge in [-0.2, -0.15) is 9.97 Å². The van der Waals surface area contributed by atoms with Crippen LogP contribution < -0.4 is 41.7 Å². The van der Waals surface area contributed by atoms with Crippen LogP contribution in [0.2, 0.25) is 10.0 Å². The summed E-state index contributed by atoms with van der Waals surface area (Å²) in [5.74, 6) is 1.05. The molecule has 2 aliphatic rings. The minimum Gasteiger partial charge on any atom is -0.369 e. The molecule has 6 N–H and O–H groups in total. The quantitative estimate of drug-likeness (QED) is 0.0571. The number of nitrogens with zero attached hydrogens (tertiary/aromatic N) is 8. The zero-order valence-corrected chi connectivity index (χ0v) is 40.1. The van der Waals surface area contributed by atoms with Gasteiger partial charge in [-0.05, 0) is 124 Å². The smallest absolute Gasteiger partial charge is 0.247 e. The molecule has 0 aliphatic carbocycles. The van der Waals surface area contributed by atoms with E-state index in [0.717, 1.165) is 74.9 Å². The number of halogens is 2. The molecular weight excluding hydrogens is 900 g/mol. The molecule has 68 heavy (non-hydrogen) atoms. The molecule has 4 heterocycles. The van der Waals surface area contributed by atoms with Crippen LogP contribution >= 0.6 is 23.2 Å². The van der Waals surface area contributed by atoms with Gasteiger partial charge in [0.25, 0.3) is 0 Å². The molecule has 0 bridgehead atoms. The molecule has 4 aromatic carbocycles. The molecule has 0 spiro atoms. The average molecular weight is 956 g/mol. The SMILES string of the molecule is C=CC(=O)Nc1cc(C)ccc1Nc1nc(Nc2ccc(N3CCN(C)CC3)cc2)ncc1Cl.C=CC(=O)Nc1ccc(C)cc1Nc1nc(Nc2ccc(N3CCN(C)CC3)cc2)ncc1Cl. The number of aromatic nitrogens is 4. The monoisotopic (exact) mass is 954 g/mol. The summed E-state index contributed by atoms with van der Waals surface area (Å²) in [5.41, 5.74) is 8.69. The number of hydrogen-bond donors (Lipinski definition) is 6. The van der Waals surface area contributed by atoms with Gasteiger partial charge in [-0.1, -0.05) is 48.5 Å². The first kappa shape index (κ1) is 48.7. The van der Waals surface area contributed by atoms with Crippen molar-refractivity contribution in [3.05, 3.63) is 144 Å². The number of benzene rings is 4. The second-order valence-electron chi connectivity index (χ2n) is 16.4. The Morgan fingerprint density at radius 3 is 1.37 bits per heavy atom. The molecule has 16 nitrogen and oxygen atoms in total. The van der Waals surface area contributed by atoms with Gasteiger partial charge in [0, 0.05) is 75.1 Å². The highest BCUT2D eigenvalue weighted by Crippen LogP contribution is 2.32. The highest BCUT2D eigenvalue weighted by Gasteiger charge is 2.17. The zero-order chi connectivity index (χ0) is 48.2. The largest absolute Gasteiger partial charge is 0.369 e. The summed E-state index contributed by atoms with van der Waals surface area (Å²) in [6.45, 7) is 19.3. The topological polar surface area (TPSA) is 171 Å². The standard InChI is InChI=1S/2C25H28ClN7O/c1-4-23(34)29-22-15-17(2)5-10-21(22)30-24-20(26)16-27-25(31-24)28-18-6-8-19(9-7-18)33-13-11-32(3)12-14-33;1-4-23(34)29-21-10-5-17(2)15-22(21)30-24-20(26)16-27-25(31-24)28-18-6-8-19(9-7-18)33-13-11-32(3)12-14-33/h2*4-10,15-16H,1,11-14H2,2-3H3,(H,29,34)(H2,27,28,30,31). The van der Waals surface area contributed by atoms with E-state index >= 15 is 0 Å². The van der Waals surface area contributed by atoms with Crippen LogP contribution in [0.5, 0.6) is 0 Å². The lowest BCUT2D eigenvalue weighted by Crippen LogP contribution is -2.44. The van der Waals surface area contributed by atoms with Gasteiger partial charge >= 0.3 is 0 Å². The summed E-state index contributed by atoms with van der Waals surface area (Å²) >= 11 is 12.7. The first-order chi connectivity index (χ1) is 32.8. The van der Waals surface area contributed by atoms with Crippen molar-refractivity contribution >= 4 is 104 Å². The Hall–Kier alpha value is -7.24. The Labute approximate surface area is 407 Å². The summed E-state index contributed by atoms with van der Waals surface area (Å²) in [7, 11) is 4.30. The van der Waals surface area contributed by atoms with E-state index in [2.05, 4.69) is 123 Å². The van der Waals surface area contributed by atoms with Crippen LogP contribution in [-0.2, 0) is 9.59 Å². The number of likely N-dealkylation sites (N-methyl/N-ethyl adjacent to an activating group) is 2. The lowest BCUT2D eigenvalue weighted by Gasteiger charge is -2.34. The van der Waals surface area contributed by atoms with Crippen molar-refractivity contribution in [2.45, 2.75) is 13.8 Å². The van der Waals surface area contributed by atoms with Crippen molar-refractivity contribution in [3.8, 4) is 0 Å². The van der Waals surface area contributed by atoms with Crippen LogP contribution in [0.15, 0.2) is 123 Å². The second-order valence-corrected chi connectivity index (χ2v) is 17.3. The predicted molar refractivity (Wildman–Crippen MR) is 280 cm³/mol. The van der Waals surface area contributed by atoms with Crippen molar-refractivity contribution in [1.29, 1.82) is 0 Å². The van der Waals surface area contributed by atoms with Crippen LogP contribution in [0.1, 0.15) is 11.1 Å². The fourth-order valence-corrected chi connectivity index (χ4v) is 7.57. The molecule has 8 rings (SSSR count). The normalized spacial score (nSPS) is 13.9. The molecule has 0 atom stereocenters. The molecule has 6 aromatic rings. The average Bonchev–Trinajstić information content (AvgIpc) is 3.34. The van der Waals surface area contributed by atoms with Gasteiger partial charge in [-0.25, -0.2) is 9.97 Å². The van der Waals surface area contributed by atoms with Crippen molar-refractivity contribution in [2.75, 3.05) is 108 Å². The molecule has 352 valence electrons. The highest BCUT2D eigenvalue weighted by molar-refractivity contribution is 6.33. The summed E-state index contributed by atoms with van der Waals surface area (Å²) in [4.78, 5) is 50.8. The molecule has 0 saturated carbocycles. The lowest BCUT2D eigenvalue weighted by atomic mass is 10.2. The van der Waals surface area contributed by atoms with Crippen LogP contribution in [-0.4, -0.2) is 108 Å². The van der Waals surface area contributed by atoms with Gasteiger partial charge < -0.3 is 51.5 Å². The number of carbonyl (C=O) groups excluding carboxylic acids is 2. The van der Waals surface area contributed by atoms with Crippen molar-refractivity contribution in [2.24, 2.45) is 0 Å². The number of aryl methyl sites for hydroxylation is 2. The number of rotatable bonds is 14. The third-order valence-corrected chi connectivity index (χ3v) is 11.8. The van der Waals surface area contributed by atoms with Crippen molar-refractivity contribution < 1.29 is 9.59 Å². The highest BCUT2D eigenvalue weighted by atomic mass is 35.5. The van der Waals surface area contributed by atoms with E-state index in [1.54, 1.807) is 0 Å². The number of carbonyl (C=O) groups is 2. The number of anilines is 12. The first-order valence-corrected chi connectivity index (χ1v) is 22.9. The maximum Gasteiger partial charge on any atom is 0.247 e. The van der Waals surface area contributed by atoms with E-state index in [0.29, 0.717) is 56.3 Å². The van der Waals surface area contributed by atoms with Crippen LogP contribution in [0.3, 0.4) is 0 Å². The first-order valence-electron chi connectivity index (χ1n) is 22.1. The van der Waals surface area contributed by atoms with E-state index in [1.807, 2.05) is 74.5 Å². The van der Waals surface area contributed by atoms with Gasteiger partial charge in [-0.15, -0.1) is 0 Å². The fraction of sp³-hybridized carbons (Fsp3) is 0.240. The fourth-order valence-electron chi connectivity index (χ4n) is 7.29. The molecule has 2 fully saturated rings. The van der Waals surface area contributed by atoms with Crippen molar-refractivity contribution in [1.82, 2.24) is 29.7 Å². The molecule has 2 saturated heterocycles. The molecule has 2 amide bonds. The van der Waals surface area contributed by atoms with Gasteiger partial charge in [0.2, 0.25) is 23.7 Å². The van der Waals surface area contributed by atoms with Crippen LogP contribution in [0.4, 0.5) is 69.0 Å². The summed E-state index contributed by atoms with van der Waals surface area (Å²) < 4.78 is 0. The third-order valence-electron chi connectivity index (χ3n) is 11.2. The molecule has 0 radical (unpaired) electrons. The molecule has 18 heteroatoms. The van der Waals surface area contributed by atoms with Gasteiger partial charge in [0.1, 0.15) is 10.0 Å². The van der Waals surface area contributed by atoms with Crippen LogP contribution in [0.25, 0.3) is 0 Å². The van der Waals surface area contributed by atoms with E-state index in [-0.39, 0.29) is 11.8 Å². The van der Waals surface area contributed by atoms with Gasteiger partial charge in [-0.3, -0.25) is 9.59 Å². The number of nitrogens with one attached hydrogen (secondary N) is 6. The summed E-state index contributed by atoms with van der Waals surface area (Å²) in [5, 5.41) is 19.2. The van der Waals surface area contributed by atoms with Gasteiger partial charge in [0.15, 0.2) is 11.6 Å². The van der Waals surface area contributed by atoms with E-state index in [1.165, 1.54) is 35.9 Å². The van der Waals surface area contributed by atoms with Crippen molar-refractivity contribution in [3.63, 3.8) is 0 Å². The number of hydrogen-bond acceptors (Lipinski definition) is 14. The minimum atomic E-state index is -0.303. The maximum atomic E-state index is 11.8. The lowest BCUT2D eigenvalue weighted by molar-refractivity contribution is -0.112. The van der Waals surface area contributed by atoms with Gasteiger partial charge in [0.05, 0.1) is 35.1 Å². The number of amides is 2. The maximum absolute atomic E-state index is 11.8. The Kier molecular flexibility index (Phi) is 16.5. The molecular formula is C50H56Cl2N14O2. The Morgan fingerprint density at radius 1 is 0.529 bits per heavy atom. The van der Waals surface area contributed by atoms with E-state index in [9.17, 15) is 9.59 Å². The Bertz CT molecular complexity index is 2720. The predicted octanol–water partition coefficient (Wildman–Crippen LogP) is 9.60. The molecule has 2 aromatic heterocycles. The molecule has 2 aliphatic heterocycles. The molecule has 0 unspecified atom stereocenters. The van der Waals surface area contributed by atoms with E-state index < -0.39 is 0 Å². The summed E-state index contributed by atoms with van der Waals surface area (Å²) in [6.07, 6.45) is 5.52. The zero-order valence-electron chi connectivity index (χ0n) is 38.6. The summed E-state index contributed by atoms with van der Waals surface area (Å²) in [6, 6.07) is 27.7. The number of piperazine rings is 2. The minimum absolute atomic E-state index is 0.301. The van der Waals surface area contributed by atoms with E-state index in [4.69, 9.17) is 23.2 Å².